The largest absolute Gasteiger partial charge is 0.477 e. The molecule has 2 atom stereocenters. The third-order valence-corrected chi connectivity index (χ3v) is 7.89. The molecule has 1 saturated heterocycles. The summed E-state index contributed by atoms with van der Waals surface area (Å²) >= 11 is 3.81. The summed E-state index contributed by atoms with van der Waals surface area (Å²) < 4.78 is 0. The summed E-state index contributed by atoms with van der Waals surface area (Å²) in [6.07, 6.45) is 3.47. The Morgan fingerprint density at radius 2 is 2.15 bits per heavy atom. The molecule has 0 spiro atoms. The molecular weight excluding hydrogens is 504 g/mol. The number of oxime groups is 1. The number of rotatable bonds is 8. The van der Waals surface area contributed by atoms with E-state index >= 15 is 0 Å². The van der Waals surface area contributed by atoms with Crippen LogP contribution < -0.4 is 10.8 Å². The monoisotopic (exact) mass is 522 g/mol. The number of thioether (sulfide) groups is 1. The van der Waals surface area contributed by atoms with E-state index in [4.69, 9.17) is 10.0 Å². The molecule has 2 aromatic rings. The van der Waals surface area contributed by atoms with E-state index in [9.17, 15) is 19.5 Å². The number of amides is 2. The topological polar surface area (TPSA) is 166 Å². The summed E-state index contributed by atoms with van der Waals surface area (Å²) in [6.45, 7) is 1.86. The van der Waals surface area contributed by atoms with E-state index in [1.54, 1.807) is 17.7 Å². The summed E-state index contributed by atoms with van der Waals surface area (Å²) in [5, 5.41) is 26.1. The molecule has 0 bridgehead atoms. The maximum atomic E-state index is 12.9. The fourth-order valence-corrected chi connectivity index (χ4v) is 5.96. The maximum absolute atomic E-state index is 12.9. The average Bonchev–Trinajstić information content (AvgIpc) is 3.47. The first-order valence-corrected chi connectivity index (χ1v) is 12.4. The third-order valence-electron chi connectivity index (χ3n) is 4.95. The van der Waals surface area contributed by atoms with Crippen LogP contribution in [0.1, 0.15) is 16.3 Å². The molecule has 4 rings (SSSR count). The van der Waals surface area contributed by atoms with Crippen molar-refractivity contribution in [3.05, 3.63) is 44.5 Å². The molecule has 1 fully saturated rings. The van der Waals surface area contributed by atoms with E-state index in [1.165, 1.54) is 40.5 Å². The number of carboxylic acid groups (broad SMARTS) is 1. The summed E-state index contributed by atoms with van der Waals surface area (Å²) in [5.74, 6) is -2.15. The molecule has 4 heterocycles. The van der Waals surface area contributed by atoms with E-state index in [1.807, 2.05) is 12.4 Å². The van der Waals surface area contributed by atoms with Gasteiger partial charge in [0.05, 0.1) is 11.2 Å². The van der Waals surface area contributed by atoms with Gasteiger partial charge < -0.3 is 15.3 Å². The van der Waals surface area contributed by atoms with Crippen LogP contribution in [0.2, 0.25) is 0 Å². The number of hydrogen-bond donors (Lipinski definition) is 4. The number of hydrogen-bond acceptors (Lipinski definition) is 12. The van der Waals surface area contributed by atoms with Gasteiger partial charge in [-0.25, -0.2) is 20.2 Å². The van der Waals surface area contributed by atoms with Gasteiger partial charge in [0.2, 0.25) is 5.13 Å². The number of aliphatic carboxylic acids is 1. The molecule has 2 aromatic heterocycles. The fraction of sp³-hybridized carbons (Fsp3) is 0.263. The van der Waals surface area contributed by atoms with Crippen LogP contribution in [0.25, 0.3) is 6.08 Å². The van der Waals surface area contributed by atoms with Gasteiger partial charge in [-0.3, -0.25) is 19.7 Å². The van der Waals surface area contributed by atoms with Crippen LogP contribution in [0, 0.1) is 6.92 Å². The van der Waals surface area contributed by atoms with Crippen molar-refractivity contribution >= 4 is 69.1 Å². The quantitative estimate of drug-likeness (QED) is 0.227. The number of carbonyl (C=O) groups excluding carboxylic acids is 2. The number of nitrogens with zero attached hydrogens (tertiary/aromatic N) is 4. The molecule has 0 aliphatic carbocycles. The minimum atomic E-state index is -1.22. The van der Waals surface area contributed by atoms with Crippen LogP contribution in [0.5, 0.6) is 0 Å². The summed E-state index contributed by atoms with van der Waals surface area (Å²) in [5.41, 5.74) is 4.74. The molecule has 4 N–H and O–H groups in total. The molecule has 0 saturated carbocycles. The van der Waals surface area contributed by atoms with Crippen LogP contribution in [-0.2, 0) is 19.2 Å². The van der Waals surface area contributed by atoms with E-state index < -0.39 is 29.2 Å². The Morgan fingerprint density at radius 1 is 1.35 bits per heavy atom. The average molecular weight is 523 g/mol. The van der Waals surface area contributed by atoms with Gasteiger partial charge in [0.15, 0.2) is 5.71 Å². The fourth-order valence-electron chi connectivity index (χ4n) is 3.36. The Bertz CT molecular complexity index is 1230. The normalized spacial score (nSPS) is 20.3. The smallest absolute Gasteiger partial charge is 0.352 e. The van der Waals surface area contributed by atoms with Crippen LogP contribution in [-0.4, -0.2) is 73.0 Å². The van der Waals surface area contributed by atoms with Gasteiger partial charge in [0.25, 0.3) is 11.8 Å². The molecule has 0 radical (unpaired) electrons. The molecule has 0 unspecified atom stereocenters. The zero-order valence-corrected chi connectivity index (χ0v) is 20.2. The van der Waals surface area contributed by atoms with Gasteiger partial charge >= 0.3 is 5.97 Å². The Hall–Kier alpha value is -3.27. The number of carbonyl (C=O) groups is 3. The lowest BCUT2D eigenvalue weighted by atomic mass is 10.0. The summed E-state index contributed by atoms with van der Waals surface area (Å²) in [7, 11) is 1.25. The third kappa shape index (κ3) is 4.42. The molecule has 2 amide bonds. The number of thiazole rings is 2. The van der Waals surface area contributed by atoms with Gasteiger partial charge in [0, 0.05) is 16.0 Å². The van der Waals surface area contributed by atoms with Crippen molar-refractivity contribution in [2.24, 2.45) is 5.16 Å². The van der Waals surface area contributed by atoms with Crippen LogP contribution in [0.4, 0.5) is 5.13 Å². The number of fused-ring (bicyclic) bond motifs is 1. The molecule has 12 nitrogen and oxygen atoms in total. The number of carboxylic acids is 1. The van der Waals surface area contributed by atoms with Crippen molar-refractivity contribution in [2.45, 2.75) is 18.3 Å². The number of aryl methyl sites for hydroxylation is 1. The lowest BCUT2D eigenvalue weighted by Gasteiger charge is -2.49. The van der Waals surface area contributed by atoms with Gasteiger partial charge in [0.1, 0.15) is 29.9 Å². The number of allylic oxidation sites excluding steroid dienone is 1. The predicted molar refractivity (Wildman–Crippen MR) is 127 cm³/mol. The van der Waals surface area contributed by atoms with E-state index in [2.05, 4.69) is 20.4 Å². The molecule has 15 heteroatoms. The van der Waals surface area contributed by atoms with Gasteiger partial charge in [-0.05, 0) is 18.6 Å². The molecule has 178 valence electrons. The van der Waals surface area contributed by atoms with Crippen molar-refractivity contribution in [1.82, 2.24) is 20.2 Å². The number of anilines is 1. The van der Waals surface area contributed by atoms with Crippen LogP contribution in [0.3, 0.4) is 0 Å². The molecular formula is C19H18N6O6S3. The standard InChI is InChI=1S/C19H18N6O6S3/c1-8-11(34-7-20-8)4-3-9-5-32-17-13(16(27)25(17)14(9)18(28)29)22-15(26)12(24-31-2)10-6-33-19(21-10)23-30/h3-4,6-7,13,17,30H,5H2,1-2H3,(H,21,23)(H,22,26)(H,28,29)/b4-3-,24-12-/t13-,17-/m1/s1. The van der Waals surface area contributed by atoms with Gasteiger partial charge in [-0.15, -0.1) is 34.4 Å². The van der Waals surface area contributed by atoms with Crippen LogP contribution >= 0.6 is 34.4 Å². The Kier molecular flexibility index (Phi) is 6.97. The summed E-state index contributed by atoms with van der Waals surface area (Å²) in [4.78, 5) is 52.7. The lowest BCUT2D eigenvalue weighted by Crippen LogP contribution is -2.71. The molecule has 2 aliphatic rings. The predicted octanol–water partition coefficient (Wildman–Crippen LogP) is 1.51. The first-order chi connectivity index (χ1) is 16.3. The minimum absolute atomic E-state index is 0.110. The minimum Gasteiger partial charge on any atom is -0.477 e. The highest BCUT2D eigenvalue weighted by molar-refractivity contribution is 8.00. The Morgan fingerprint density at radius 3 is 2.76 bits per heavy atom. The highest BCUT2D eigenvalue weighted by Gasteiger charge is 2.54. The second kappa shape index (κ2) is 9.92. The number of nitrogens with one attached hydrogen (secondary N) is 2. The Labute approximate surface area is 205 Å². The van der Waals surface area contributed by atoms with Crippen molar-refractivity contribution in [3.8, 4) is 0 Å². The van der Waals surface area contributed by atoms with Gasteiger partial charge in [-0.1, -0.05) is 11.2 Å². The first kappa shape index (κ1) is 23.9. The SMILES string of the molecule is CO/N=C(\C(=O)N[C@@H]1C(=O)N2C(C(=O)O)=C(/C=C\c3scnc3C)CS[C@H]12)c1csc(NO)n1. The second-order valence-electron chi connectivity index (χ2n) is 6.95. The van der Waals surface area contributed by atoms with E-state index in [0.29, 0.717) is 11.3 Å². The number of β-lactam (4-membered cyclic amide) rings is 1. The molecule has 2 aliphatic heterocycles. The maximum Gasteiger partial charge on any atom is 0.352 e. The van der Waals surface area contributed by atoms with E-state index in [0.717, 1.165) is 21.9 Å². The number of aromatic nitrogens is 2. The van der Waals surface area contributed by atoms with Crippen molar-refractivity contribution < 1.29 is 29.5 Å². The lowest BCUT2D eigenvalue weighted by molar-refractivity contribution is -0.150. The van der Waals surface area contributed by atoms with Crippen LogP contribution in [0.15, 0.2) is 33.4 Å². The Balaban J connectivity index is 1.53. The highest BCUT2D eigenvalue weighted by Crippen LogP contribution is 2.41. The van der Waals surface area contributed by atoms with Crippen molar-refractivity contribution in [3.63, 3.8) is 0 Å². The van der Waals surface area contributed by atoms with Crippen molar-refractivity contribution in [2.75, 3.05) is 18.3 Å². The first-order valence-electron chi connectivity index (χ1n) is 9.63. The van der Waals surface area contributed by atoms with E-state index in [-0.39, 0.29) is 22.2 Å². The highest BCUT2D eigenvalue weighted by atomic mass is 32.2. The molecule has 34 heavy (non-hydrogen) atoms. The second-order valence-corrected chi connectivity index (χ2v) is 9.80. The zero-order chi connectivity index (χ0) is 24.4. The van der Waals surface area contributed by atoms with Gasteiger partial charge in [-0.2, -0.15) is 0 Å². The summed E-state index contributed by atoms with van der Waals surface area (Å²) in [6, 6.07) is -0.947. The van der Waals surface area contributed by atoms with Crippen molar-refractivity contribution in [1.29, 1.82) is 0 Å². The molecule has 0 aromatic carbocycles. The zero-order valence-electron chi connectivity index (χ0n) is 17.7.